The molecule has 0 aliphatic carbocycles. The third kappa shape index (κ3) is 2.56. The summed E-state index contributed by atoms with van der Waals surface area (Å²) in [7, 11) is -4.32. The molecule has 2 aromatic carbocycles. The summed E-state index contributed by atoms with van der Waals surface area (Å²) in [5.74, 6) is 0. The van der Waals surface area contributed by atoms with Gasteiger partial charge in [-0.2, -0.15) is 8.42 Å². The number of rotatable bonds is 2. The Labute approximate surface area is 136 Å². The van der Waals surface area contributed by atoms with Crippen LogP contribution in [0.5, 0.6) is 0 Å². The number of aromatic nitrogens is 1. The highest BCUT2D eigenvalue weighted by Gasteiger charge is 2.20. The van der Waals surface area contributed by atoms with Crippen LogP contribution in [-0.4, -0.2) is 18.0 Å². The molecule has 3 rings (SSSR count). The summed E-state index contributed by atoms with van der Waals surface area (Å²) in [6.07, 6.45) is 0. The lowest BCUT2D eigenvalue weighted by Crippen LogP contribution is -2.00. The van der Waals surface area contributed by atoms with E-state index < -0.39 is 10.1 Å². The Hall–Kier alpha value is -1.67. The molecular formula is C14H11ClN2O3S2. The van der Waals surface area contributed by atoms with Crippen molar-refractivity contribution in [2.24, 2.45) is 0 Å². The fourth-order valence-electron chi connectivity index (χ4n) is 2.17. The lowest BCUT2D eigenvalue weighted by molar-refractivity contribution is 0.484. The molecule has 0 saturated carbocycles. The van der Waals surface area contributed by atoms with Gasteiger partial charge in [-0.1, -0.05) is 17.7 Å². The summed E-state index contributed by atoms with van der Waals surface area (Å²) in [6, 6.07) is 8.44. The van der Waals surface area contributed by atoms with Gasteiger partial charge < -0.3 is 5.73 Å². The first kappa shape index (κ1) is 15.2. The van der Waals surface area contributed by atoms with Crippen LogP contribution < -0.4 is 5.73 Å². The monoisotopic (exact) mass is 354 g/mol. The number of nitrogen functional groups attached to an aromatic ring is 1. The van der Waals surface area contributed by atoms with Gasteiger partial charge in [-0.15, -0.1) is 11.3 Å². The van der Waals surface area contributed by atoms with Crippen LogP contribution in [-0.2, 0) is 10.1 Å². The minimum absolute atomic E-state index is 0.102. The van der Waals surface area contributed by atoms with Crippen LogP contribution in [0.1, 0.15) is 5.56 Å². The standard InChI is InChI=1S/C14H11ClN2O3S2/c1-7-2-5-11-12(13(7)22(18,19)20)21-14(17-11)8-3-4-10(16)9(15)6-8/h2-6H,16H2,1H3,(H,18,19,20). The summed E-state index contributed by atoms with van der Waals surface area (Å²) in [5.41, 5.74) is 7.85. The van der Waals surface area contributed by atoms with E-state index in [4.69, 9.17) is 17.3 Å². The predicted octanol–water partition coefficient (Wildman–Crippen LogP) is 3.75. The first-order chi connectivity index (χ1) is 10.3. The average Bonchev–Trinajstić information content (AvgIpc) is 2.83. The van der Waals surface area contributed by atoms with E-state index in [-0.39, 0.29) is 4.90 Å². The maximum Gasteiger partial charge on any atom is 0.296 e. The topological polar surface area (TPSA) is 93.3 Å². The molecule has 0 radical (unpaired) electrons. The molecule has 1 aromatic heterocycles. The number of hydrogen-bond donors (Lipinski definition) is 2. The molecule has 1 heterocycles. The summed E-state index contributed by atoms with van der Waals surface area (Å²) in [6.45, 7) is 1.63. The minimum atomic E-state index is -4.32. The van der Waals surface area contributed by atoms with Crippen molar-refractivity contribution in [3.05, 3.63) is 40.9 Å². The molecule has 3 N–H and O–H groups in total. The van der Waals surface area contributed by atoms with Gasteiger partial charge in [0.1, 0.15) is 9.90 Å². The van der Waals surface area contributed by atoms with Crippen molar-refractivity contribution in [3.8, 4) is 10.6 Å². The van der Waals surface area contributed by atoms with Crippen LogP contribution in [0.2, 0.25) is 5.02 Å². The number of anilines is 1. The van der Waals surface area contributed by atoms with E-state index in [0.717, 1.165) is 5.56 Å². The molecule has 0 saturated heterocycles. The number of halogens is 1. The normalized spacial score (nSPS) is 12.0. The third-order valence-corrected chi connectivity index (χ3v) is 5.85. The molecule has 8 heteroatoms. The number of nitrogens with zero attached hydrogens (tertiary/aromatic N) is 1. The maximum atomic E-state index is 11.6. The van der Waals surface area contributed by atoms with Gasteiger partial charge in [-0.3, -0.25) is 4.55 Å². The van der Waals surface area contributed by atoms with E-state index in [1.807, 2.05) is 0 Å². The molecule has 0 aliphatic rings. The highest BCUT2D eigenvalue weighted by Crippen LogP contribution is 2.37. The summed E-state index contributed by atoms with van der Waals surface area (Å²) in [4.78, 5) is 4.31. The molecule has 0 spiro atoms. The number of fused-ring (bicyclic) bond motifs is 1. The molecule has 0 amide bonds. The molecular weight excluding hydrogens is 344 g/mol. The van der Waals surface area contributed by atoms with Crippen molar-refractivity contribution in [1.29, 1.82) is 0 Å². The van der Waals surface area contributed by atoms with Crippen LogP contribution in [0.15, 0.2) is 35.2 Å². The quantitative estimate of drug-likeness (QED) is 0.540. The van der Waals surface area contributed by atoms with Crippen LogP contribution in [0, 0.1) is 6.92 Å². The first-order valence-corrected chi connectivity index (χ1v) is 8.84. The lowest BCUT2D eigenvalue weighted by Gasteiger charge is -2.02. The second-order valence-corrected chi connectivity index (χ2v) is 7.55. The molecule has 5 nitrogen and oxygen atoms in total. The highest BCUT2D eigenvalue weighted by atomic mass is 35.5. The van der Waals surface area contributed by atoms with Crippen molar-refractivity contribution < 1.29 is 13.0 Å². The van der Waals surface area contributed by atoms with Crippen LogP contribution >= 0.6 is 22.9 Å². The van der Waals surface area contributed by atoms with Gasteiger partial charge in [0.25, 0.3) is 10.1 Å². The van der Waals surface area contributed by atoms with E-state index in [1.165, 1.54) is 11.3 Å². The largest absolute Gasteiger partial charge is 0.398 e. The second kappa shape index (κ2) is 5.20. The fraction of sp³-hybridized carbons (Fsp3) is 0.0714. The van der Waals surface area contributed by atoms with Gasteiger partial charge in [-0.05, 0) is 36.8 Å². The summed E-state index contributed by atoms with van der Waals surface area (Å²) in [5, 5.41) is 1.01. The number of benzene rings is 2. The minimum Gasteiger partial charge on any atom is -0.398 e. The zero-order valence-corrected chi connectivity index (χ0v) is 13.8. The molecule has 22 heavy (non-hydrogen) atoms. The lowest BCUT2D eigenvalue weighted by atomic mass is 10.2. The van der Waals surface area contributed by atoms with Gasteiger partial charge >= 0.3 is 0 Å². The van der Waals surface area contributed by atoms with Crippen molar-refractivity contribution in [3.63, 3.8) is 0 Å². The van der Waals surface area contributed by atoms with Gasteiger partial charge in [0.2, 0.25) is 0 Å². The van der Waals surface area contributed by atoms with E-state index in [2.05, 4.69) is 4.98 Å². The van der Waals surface area contributed by atoms with Gasteiger partial charge in [0.15, 0.2) is 0 Å². The highest BCUT2D eigenvalue weighted by molar-refractivity contribution is 7.86. The third-order valence-electron chi connectivity index (χ3n) is 3.21. The molecule has 0 bridgehead atoms. The molecule has 114 valence electrons. The van der Waals surface area contributed by atoms with E-state index >= 15 is 0 Å². The Balaban J connectivity index is 2.28. The van der Waals surface area contributed by atoms with Gasteiger partial charge in [-0.25, -0.2) is 4.98 Å². The molecule has 0 fully saturated rings. The molecule has 0 unspecified atom stereocenters. The van der Waals surface area contributed by atoms with Crippen molar-refractivity contribution in [2.75, 3.05) is 5.73 Å². The summed E-state index contributed by atoms with van der Waals surface area (Å²) < 4.78 is 33.1. The van der Waals surface area contributed by atoms with E-state index in [9.17, 15) is 13.0 Å². The number of aryl methyl sites for hydroxylation is 1. The molecule has 3 aromatic rings. The van der Waals surface area contributed by atoms with E-state index in [1.54, 1.807) is 37.3 Å². The van der Waals surface area contributed by atoms with Crippen molar-refractivity contribution in [2.45, 2.75) is 11.8 Å². The Kier molecular flexibility index (Phi) is 3.60. The van der Waals surface area contributed by atoms with Gasteiger partial charge in [0, 0.05) is 5.56 Å². The number of thiazole rings is 1. The van der Waals surface area contributed by atoms with Crippen molar-refractivity contribution >= 4 is 49.0 Å². The SMILES string of the molecule is Cc1ccc2nc(-c3ccc(N)c(Cl)c3)sc2c1S(=O)(=O)O. The van der Waals surface area contributed by atoms with Crippen LogP contribution in [0.25, 0.3) is 20.8 Å². The maximum absolute atomic E-state index is 11.6. The Morgan fingerprint density at radius 3 is 2.64 bits per heavy atom. The number of nitrogens with two attached hydrogens (primary N) is 1. The van der Waals surface area contributed by atoms with Crippen molar-refractivity contribution in [1.82, 2.24) is 4.98 Å². The van der Waals surface area contributed by atoms with Crippen LogP contribution in [0.4, 0.5) is 5.69 Å². The predicted molar refractivity (Wildman–Crippen MR) is 89.0 cm³/mol. The Bertz CT molecular complexity index is 997. The second-order valence-electron chi connectivity index (χ2n) is 4.79. The number of hydrogen-bond acceptors (Lipinski definition) is 5. The molecule has 0 aliphatic heterocycles. The van der Waals surface area contributed by atoms with E-state index in [0.29, 0.717) is 31.5 Å². The van der Waals surface area contributed by atoms with Gasteiger partial charge in [0.05, 0.1) is 20.9 Å². The smallest absolute Gasteiger partial charge is 0.296 e. The summed E-state index contributed by atoms with van der Waals surface area (Å²) >= 11 is 7.19. The zero-order valence-electron chi connectivity index (χ0n) is 11.4. The van der Waals surface area contributed by atoms with Crippen LogP contribution in [0.3, 0.4) is 0 Å². The fourth-order valence-corrected chi connectivity index (χ4v) is 4.66. The Morgan fingerprint density at radius 1 is 1.27 bits per heavy atom. The first-order valence-electron chi connectivity index (χ1n) is 6.20. The zero-order chi connectivity index (χ0) is 16.1. The Morgan fingerprint density at radius 2 is 2.00 bits per heavy atom. The molecule has 0 atom stereocenters. The average molecular weight is 355 g/mol.